The van der Waals surface area contributed by atoms with Crippen molar-refractivity contribution < 1.29 is 13.9 Å². The highest BCUT2D eigenvalue weighted by molar-refractivity contribution is 5.94. The van der Waals surface area contributed by atoms with Gasteiger partial charge >= 0.3 is 0 Å². The minimum Gasteiger partial charge on any atom is -0.383 e. The molecule has 0 saturated heterocycles. The van der Waals surface area contributed by atoms with E-state index in [4.69, 9.17) is 4.74 Å². The quantitative estimate of drug-likeness (QED) is 0.740. The van der Waals surface area contributed by atoms with E-state index in [0.29, 0.717) is 24.3 Å². The second kappa shape index (κ2) is 7.93. The number of para-hydroxylation sites is 1. The Bertz CT molecular complexity index is 967. The number of fused-ring (bicyclic) bond motifs is 1. The van der Waals surface area contributed by atoms with E-state index in [9.17, 15) is 14.0 Å². The molecule has 0 radical (unpaired) electrons. The van der Waals surface area contributed by atoms with Crippen molar-refractivity contribution in [1.29, 1.82) is 0 Å². The third-order valence-electron chi connectivity index (χ3n) is 4.14. The largest absolute Gasteiger partial charge is 0.383 e. The summed E-state index contributed by atoms with van der Waals surface area (Å²) < 4.78 is 18.2. The summed E-state index contributed by atoms with van der Waals surface area (Å²) in [6.45, 7) is 0.789. The van der Waals surface area contributed by atoms with Crippen molar-refractivity contribution in [2.24, 2.45) is 0 Å². The number of halogens is 1. The third-order valence-corrected chi connectivity index (χ3v) is 4.14. The second-order valence-electron chi connectivity index (χ2n) is 5.94. The number of H-pyrrole nitrogens is 1. The van der Waals surface area contributed by atoms with Crippen LogP contribution in [0.25, 0.3) is 10.9 Å². The summed E-state index contributed by atoms with van der Waals surface area (Å²) in [4.78, 5) is 29.5. The van der Waals surface area contributed by atoms with Crippen molar-refractivity contribution in [1.82, 2.24) is 9.88 Å². The zero-order valence-electron chi connectivity index (χ0n) is 14.4. The first-order valence-electron chi connectivity index (χ1n) is 8.23. The van der Waals surface area contributed by atoms with Gasteiger partial charge in [0.25, 0.3) is 11.5 Å². The van der Waals surface area contributed by atoms with Gasteiger partial charge in [0, 0.05) is 30.3 Å². The van der Waals surface area contributed by atoms with Crippen LogP contribution in [0, 0.1) is 5.82 Å². The van der Waals surface area contributed by atoms with Crippen LogP contribution in [0.4, 0.5) is 4.39 Å². The number of carbonyl (C=O) groups excluding carboxylic acids is 1. The third kappa shape index (κ3) is 3.97. The number of aromatic nitrogens is 1. The molecule has 0 saturated carbocycles. The van der Waals surface area contributed by atoms with E-state index in [-0.39, 0.29) is 18.0 Å². The molecule has 3 rings (SSSR count). The van der Waals surface area contributed by atoms with Crippen LogP contribution in [-0.4, -0.2) is 36.1 Å². The van der Waals surface area contributed by atoms with E-state index in [1.165, 1.54) is 29.2 Å². The van der Waals surface area contributed by atoms with Crippen molar-refractivity contribution in [3.05, 3.63) is 81.9 Å². The SMILES string of the molecule is COCCN(Cc1cc2ccccc2[nH]c1=O)C(=O)c1ccc(F)cc1. The highest BCUT2D eigenvalue weighted by Gasteiger charge is 2.18. The summed E-state index contributed by atoms with van der Waals surface area (Å²) in [5.74, 6) is -0.689. The topological polar surface area (TPSA) is 62.4 Å². The number of aromatic amines is 1. The number of ether oxygens (including phenoxy) is 1. The van der Waals surface area contributed by atoms with Gasteiger partial charge in [-0.1, -0.05) is 18.2 Å². The van der Waals surface area contributed by atoms with Gasteiger partial charge in [-0.05, 0) is 41.8 Å². The molecule has 5 nitrogen and oxygen atoms in total. The molecule has 0 bridgehead atoms. The van der Waals surface area contributed by atoms with Gasteiger partial charge in [-0.3, -0.25) is 9.59 Å². The van der Waals surface area contributed by atoms with E-state index in [0.717, 1.165) is 10.9 Å². The van der Waals surface area contributed by atoms with Gasteiger partial charge < -0.3 is 14.6 Å². The number of carbonyl (C=O) groups is 1. The van der Waals surface area contributed by atoms with E-state index >= 15 is 0 Å². The Balaban J connectivity index is 1.91. The summed E-state index contributed by atoms with van der Waals surface area (Å²) in [6, 6.07) is 14.6. The van der Waals surface area contributed by atoms with Crippen LogP contribution in [0.15, 0.2) is 59.4 Å². The monoisotopic (exact) mass is 354 g/mol. The molecule has 0 fully saturated rings. The molecule has 1 heterocycles. The lowest BCUT2D eigenvalue weighted by Gasteiger charge is -2.22. The van der Waals surface area contributed by atoms with Crippen LogP contribution in [-0.2, 0) is 11.3 Å². The van der Waals surface area contributed by atoms with Crippen LogP contribution in [0.1, 0.15) is 15.9 Å². The fourth-order valence-corrected chi connectivity index (χ4v) is 2.74. The number of nitrogens with one attached hydrogen (secondary N) is 1. The van der Waals surface area contributed by atoms with Crippen LogP contribution in [0.5, 0.6) is 0 Å². The molecule has 0 aliphatic heterocycles. The Kier molecular flexibility index (Phi) is 5.43. The van der Waals surface area contributed by atoms with Gasteiger partial charge in [0.15, 0.2) is 0 Å². The van der Waals surface area contributed by atoms with Crippen molar-refractivity contribution in [2.45, 2.75) is 6.54 Å². The van der Waals surface area contributed by atoms with E-state index < -0.39 is 5.82 Å². The smallest absolute Gasteiger partial charge is 0.254 e. The van der Waals surface area contributed by atoms with Crippen molar-refractivity contribution >= 4 is 16.8 Å². The predicted octanol–water partition coefficient (Wildman–Crippen LogP) is 2.96. The number of hydrogen-bond donors (Lipinski definition) is 1. The minimum atomic E-state index is -0.407. The van der Waals surface area contributed by atoms with Crippen LogP contribution in [0.3, 0.4) is 0 Å². The molecule has 2 aromatic carbocycles. The number of benzene rings is 2. The molecule has 1 amide bonds. The lowest BCUT2D eigenvalue weighted by Crippen LogP contribution is -2.35. The molecule has 1 aromatic heterocycles. The number of pyridine rings is 1. The van der Waals surface area contributed by atoms with E-state index in [2.05, 4.69) is 4.98 Å². The molecule has 6 heteroatoms. The number of rotatable bonds is 6. The average molecular weight is 354 g/mol. The number of amides is 1. The van der Waals surface area contributed by atoms with Crippen molar-refractivity contribution in [2.75, 3.05) is 20.3 Å². The predicted molar refractivity (Wildman–Crippen MR) is 97.6 cm³/mol. The van der Waals surface area contributed by atoms with Gasteiger partial charge in [-0.2, -0.15) is 0 Å². The van der Waals surface area contributed by atoms with E-state index in [1.807, 2.05) is 24.3 Å². The number of methoxy groups -OCH3 is 1. The maximum absolute atomic E-state index is 13.1. The molecular formula is C20H19FN2O3. The molecule has 0 aliphatic rings. The Morgan fingerprint density at radius 1 is 1.15 bits per heavy atom. The van der Waals surface area contributed by atoms with Crippen LogP contribution < -0.4 is 5.56 Å². The zero-order valence-corrected chi connectivity index (χ0v) is 14.4. The van der Waals surface area contributed by atoms with Crippen LogP contribution in [0.2, 0.25) is 0 Å². The summed E-state index contributed by atoms with van der Waals surface area (Å²) in [5.41, 5.74) is 1.35. The summed E-state index contributed by atoms with van der Waals surface area (Å²) in [7, 11) is 1.55. The minimum absolute atomic E-state index is 0.139. The van der Waals surface area contributed by atoms with Gasteiger partial charge in [0.05, 0.1) is 13.2 Å². The molecule has 0 unspecified atom stereocenters. The molecule has 0 spiro atoms. The highest BCUT2D eigenvalue weighted by Crippen LogP contribution is 2.13. The normalized spacial score (nSPS) is 10.8. The molecule has 1 N–H and O–H groups in total. The van der Waals surface area contributed by atoms with Gasteiger partial charge in [0.1, 0.15) is 5.82 Å². The lowest BCUT2D eigenvalue weighted by atomic mass is 10.1. The maximum atomic E-state index is 13.1. The average Bonchev–Trinajstić information content (AvgIpc) is 2.65. The fourth-order valence-electron chi connectivity index (χ4n) is 2.74. The van der Waals surface area contributed by atoms with Crippen LogP contribution >= 0.6 is 0 Å². The summed E-state index contributed by atoms with van der Waals surface area (Å²) >= 11 is 0. The van der Waals surface area contributed by atoms with Gasteiger partial charge in [-0.15, -0.1) is 0 Å². The number of hydrogen-bond acceptors (Lipinski definition) is 3. The Morgan fingerprint density at radius 2 is 1.88 bits per heavy atom. The summed E-state index contributed by atoms with van der Waals surface area (Å²) in [5, 5.41) is 0.892. The van der Waals surface area contributed by atoms with Gasteiger partial charge in [0.2, 0.25) is 0 Å². The molecule has 26 heavy (non-hydrogen) atoms. The summed E-state index contributed by atoms with van der Waals surface area (Å²) in [6.07, 6.45) is 0. The molecule has 0 atom stereocenters. The maximum Gasteiger partial charge on any atom is 0.254 e. The van der Waals surface area contributed by atoms with Crippen molar-refractivity contribution in [3.8, 4) is 0 Å². The molecule has 3 aromatic rings. The Hall–Kier alpha value is -2.99. The first kappa shape index (κ1) is 17.8. The Labute approximate surface area is 150 Å². The Morgan fingerprint density at radius 3 is 2.62 bits per heavy atom. The molecule has 134 valence electrons. The second-order valence-corrected chi connectivity index (χ2v) is 5.94. The lowest BCUT2D eigenvalue weighted by molar-refractivity contribution is 0.0679. The van der Waals surface area contributed by atoms with Crippen molar-refractivity contribution in [3.63, 3.8) is 0 Å². The highest BCUT2D eigenvalue weighted by atomic mass is 19.1. The standard InChI is InChI=1S/C20H19FN2O3/c1-26-11-10-23(20(25)14-6-8-17(21)9-7-14)13-16-12-15-4-2-3-5-18(15)22-19(16)24/h2-9,12H,10-11,13H2,1H3,(H,22,24). The zero-order chi connectivity index (χ0) is 18.5. The van der Waals surface area contributed by atoms with E-state index in [1.54, 1.807) is 13.2 Å². The molecule has 0 aliphatic carbocycles. The number of nitrogens with zero attached hydrogens (tertiary/aromatic N) is 1. The first-order valence-corrected chi connectivity index (χ1v) is 8.23. The van der Waals surface area contributed by atoms with Gasteiger partial charge in [-0.25, -0.2) is 4.39 Å². The molecular weight excluding hydrogens is 335 g/mol. The fraction of sp³-hybridized carbons (Fsp3) is 0.200. The first-order chi connectivity index (χ1) is 12.6.